The van der Waals surface area contributed by atoms with Crippen LogP contribution in [0.3, 0.4) is 0 Å². The zero-order valence-corrected chi connectivity index (χ0v) is 17.1. The van der Waals surface area contributed by atoms with Crippen LogP contribution in [-0.4, -0.2) is 19.6 Å². The molecule has 0 unspecified atom stereocenters. The standard InChI is InChI=1S/C23H20N4S/c1-13-5-7-17(9-15(13)3)19-11-28-23-20(19)22-26-25-21(27(22)12-24-23)18-8-6-14(2)16(4)10-18/h5-12H,1-4H3. The zero-order chi connectivity index (χ0) is 19.4. The Bertz CT molecular complexity index is 1360. The molecule has 4 nitrogen and oxygen atoms in total. The van der Waals surface area contributed by atoms with Crippen molar-refractivity contribution < 1.29 is 0 Å². The normalized spacial score (nSPS) is 11.6. The molecule has 2 aromatic carbocycles. The van der Waals surface area contributed by atoms with Gasteiger partial charge in [0.2, 0.25) is 0 Å². The van der Waals surface area contributed by atoms with E-state index in [2.05, 4.69) is 79.7 Å². The SMILES string of the molecule is Cc1ccc(-c2csc3ncn4c(-c5ccc(C)c(C)c5)nnc4c23)cc1C. The molecule has 0 spiro atoms. The van der Waals surface area contributed by atoms with E-state index in [1.807, 2.05) is 10.7 Å². The summed E-state index contributed by atoms with van der Waals surface area (Å²) in [7, 11) is 0. The van der Waals surface area contributed by atoms with Gasteiger partial charge in [-0.05, 0) is 61.6 Å². The van der Waals surface area contributed by atoms with Crippen LogP contribution in [0.25, 0.3) is 38.4 Å². The number of benzene rings is 2. The molecule has 0 fully saturated rings. The second-order valence-electron chi connectivity index (χ2n) is 7.39. The van der Waals surface area contributed by atoms with Gasteiger partial charge in [-0.25, -0.2) is 4.98 Å². The topological polar surface area (TPSA) is 43.1 Å². The molecule has 0 aliphatic heterocycles. The number of nitrogens with zero attached hydrogens (tertiary/aromatic N) is 4. The summed E-state index contributed by atoms with van der Waals surface area (Å²) in [6.45, 7) is 8.53. The van der Waals surface area contributed by atoms with Crippen molar-refractivity contribution in [3.63, 3.8) is 0 Å². The van der Waals surface area contributed by atoms with Crippen LogP contribution in [0.15, 0.2) is 48.1 Å². The molecule has 0 saturated carbocycles. The molecule has 28 heavy (non-hydrogen) atoms. The number of aromatic nitrogens is 4. The van der Waals surface area contributed by atoms with E-state index in [9.17, 15) is 0 Å². The average Bonchev–Trinajstić information content (AvgIpc) is 3.30. The van der Waals surface area contributed by atoms with Gasteiger partial charge in [-0.2, -0.15) is 0 Å². The van der Waals surface area contributed by atoms with Gasteiger partial charge in [-0.15, -0.1) is 21.5 Å². The van der Waals surface area contributed by atoms with Gasteiger partial charge in [0.25, 0.3) is 0 Å². The maximum absolute atomic E-state index is 4.70. The van der Waals surface area contributed by atoms with Gasteiger partial charge in [0.15, 0.2) is 11.5 Å². The summed E-state index contributed by atoms with van der Waals surface area (Å²) in [5.74, 6) is 0.824. The van der Waals surface area contributed by atoms with E-state index in [0.717, 1.165) is 27.3 Å². The lowest BCUT2D eigenvalue weighted by Gasteiger charge is -2.06. The van der Waals surface area contributed by atoms with E-state index in [0.29, 0.717) is 0 Å². The molecule has 0 amide bonds. The highest BCUT2D eigenvalue weighted by atomic mass is 32.1. The van der Waals surface area contributed by atoms with Crippen molar-refractivity contribution in [1.29, 1.82) is 0 Å². The van der Waals surface area contributed by atoms with E-state index in [-0.39, 0.29) is 0 Å². The van der Waals surface area contributed by atoms with Gasteiger partial charge in [-0.1, -0.05) is 30.3 Å². The fraction of sp³-hybridized carbons (Fsp3) is 0.174. The molecule has 0 saturated heterocycles. The van der Waals surface area contributed by atoms with Crippen LogP contribution in [0.1, 0.15) is 22.3 Å². The van der Waals surface area contributed by atoms with Crippen LogP contribution in [0.5, 0.6) is 0 Å². The van der Waals surface area contributed by atoms with Gasteiger partial charge < -0.3 is 0 Å². The number of thiophene rings is 1. The molecule has 5 heteroatoms. The van der Waals surface area contributed by atoms with Crippen LogP contribution >= 0.6 is 11.3 Å². The lowest BCUT2D eigenvalue weighted by atomic mass is 10.0. The first-order valence-corrected chi connectivity index (χ1v) is 10.2. The minimum absolute atomic E-state index is 0.824. The molecule has 3 aromatic heterocycles. The first-order valence-electron chi connectivity index (χ1n) is 9.29. The molecule has 0 aliphatic rings. The molecule has 0 radical (unpaired) electrons. The summed E-state index contributed by atoms with van der Waals surface area (Å²) in [6.07, 6.45) is 1.84. The first-order chi connectivity index (χ1) is 13.5. The van der Waals surface area contributed by atoms with Crippen LogP contribution in [0.4, 0.5) is 0 Å². The van der Waals surface area contributed by atoms with Crippen LogP contribution in [-0.2, 0) is 0 Å². The van der Waals surface area contributed by atoms with Crippen molar-refractivity contribution in [2.45, 2.75) is 27.7 Å². The minimum atomic E-state index is 0.824. The minimum Gasteiger partial charge on any atom is -0.265 e. The predicted octanol–water partition coefficient (Wildman–Crippen LogP) is 5.91. The highest BCUT2D eigenvalue weighted by Gasteiger charge is 2.17. The Balaban J connectivity index is 1.76. The second kappa shape index (κ2) is 6.24. The zero-order valence-electron chi connectivity index (χ0n) is 16.3. The summed E-state index contributed by atoms with van der Waals surface area (Å²) in [5.41, 5.74) is 9.37. The third-order valence-corrected chi connectivity index (χ3v) is 6.45. The van der Waals surface area contributed by atoms with Gasteiger partial charge in [0.05, 0.1) is 5.39 Å². The molecule has 5 rings (SSSR count). The van der Waals surface area contributed by atoms with Crippen LogP contribution in [0.2, 0.25) is 0 Å². The van der Waals surface area contributed by atoms with E-state index >= 15 is 0 Å². The van der Waals surface area contributed by atoms with Crippen LogP contribution < -0.4 is 0 Å². The number of rotatable bonds is 2. The molecule has 0 bridgehead atoms. The molecular weight excluding hydrogens is 364 g/mol. The third-order valence-electron chi connectivity index (χ3n) is 5.56. The summed E-state index contributed by atoms with van der Waals surface area (Å²) in [4.78, 5) is 5.68. The fourth-order valence-corrected chi connectivity index (χ4v) is 4.45. The molecule has 0 N–H and O–H groups in total. The van der Waals surface area contributed by atoms with Crippen molar-refractivity contribution in [2.75, 3.05) is 0 Å². The monoisotopic (exact) mass is 384 g/mol. The quantitative estimate of drug-likeness (QED) is 0.380. The largest absolute Gasteiger partial charge is 0.265 e. The highest BCUT2D eigenvalue weighted by Crippen LogP contribution is 2.36. The lowest BCUT2D eigenvalue weighted by Crippen LogP contribution is -1.93. The number of aryl methyl sites for hydroxylation is 4. The Kier molecular flexibility index (Phi) is 3.81. The smallest absolute Gasteiger partial charge is 0.173 e. The molecule has 0 aliphatic carbocycles. The molecule has 3 heterocycles. The van der Waals surface area contributed by atoms with Crippen LogP contribution in [0, 0.1) is 27.7 Å². The number of hydrogen-bond acceptors (Lipinski definition) is 4. The van der Waals surface area contributed by atoms with Gasteiger partial charge in [-0.3, -0.25) is 4.40 Å². The molecule has 138 valence electrons. The maximum Gasteiger partial charge on any atom is 0.173 e. The first kappa shape index (κ1) is 17.1. The molecule has 0 atom stereocenters. The fourth-order valence-electron chi connectivity index (χ4n) is 3.54. The summed E-state index contributed by atoms with van der Waals surface area (Å²) in [6, 6.07) is 13.0. The van der Waals surface area contributed by atoms with E-state index < -0.39 is 0 Å². The van der Waals surface area contributed by atoms with Crippen molar-refractivity contribution in [3.8, 4) is 22.5 Å². The van der Waals surface area contributed by atoms with Crippen molar-refractivity contribution >= 4 is 27.2 Å². The Morgan fingerprint density at radius 1 is 0.786 bits per heavy atom. The molecular formula is C23H20N4S. The Labute approximate surface area is 167 Å². The average molecular weight is 385 g/mol. The summed E-state index contributed by atoms with van der Waals surface area (Å²) >= 11 is 1.65. The maximum atomic E-state index is 4.70. The summed E-state index contributed by atoms with van der Waals surface area (Å²) in [5, 5.41) is 12.3. The number of hydrogen-bond donors (Lipinski definition) is 0. The van der Waals surface area contributed by atoms with E-state index in [1.165, 1.54) is 33.4 Å². The van der Waals surface area contributed by atoms with E-state index in [4.69, 9.17) is 4.98 Å². The van der Waals surface area contributed by atoms with Crippen molar-refractivity contribution in [3.05, 3.63) is 70.4 Å². The second-order valence-corrected chi connectivity index (χ2v) is 8.25. The van der Waals surface area contributed by atoms with Crippen molar-refractivity contribution in [2.24, 2.45) is 0 Å². The Morgan fingerprint density at radius 2 is 1.46 bits per heavy atom. The van der Waals surface area contributed by atoms with Gasteiger partial charge >= 0.3 is 0 Å². The third kappa shape index (κ3) is 2.54. The summed E-state index contributed by atoms with van der Waals surface area (Å²) < 4.78 is 2.00. The van der Waals surface area contributed by atoms with Gasteiger partial charge in [0.1, 0.15) is 11.2 Å². The van der Waals surface area contributed by atoms with Gasteiger partial charge in [0, 0.05) is 16.5 Å². The van der Waals surface area contributed by atoms with Crippen molar-refractivity contribution in [1.82, 2.24) is 19.6 Å². The predicted molar refractivity (Wildman–Crippen MR) is 116 cm³/mol. The molecule has 5 aromatic rings. The van der Waals surface area contributed by atoms with E-state index in [1.54, 1.807) is 11.3 Å². The Hall–Kier alpha value is -3.05. The highest BCUT2D eigenvalue weighted by molar-refractivity contribution is 7.17. The number of fused-ring (bicyclic) bond motifs is 3. The lowest BCUT2D eigenvalue weighted by molar-refractivity contribution is 1.09. The Morgan fingerprint density at radius 3 is 2.18 bits per heavy atom.